The van der Waals surface area contributed by atoms with Gasteiger partial charge < -0.3 is 24.5 Å². The average Bonchev–Trinajstić information content (AvgIpc) is 2.73. The van der Waals surface area contributed by atoms with Crippen LogP contribution in [0.15, 0.2) is 47.7 Å². The van der Waals surface area contributed by atoms with Gasteiger partial charge in [-0.05, 0) is 19.1 Å². The van der Waals surface area contributed by atoms with Gasteiger partial charge in [-0.25, -0.2) is 15.0 Å². The van der Waals surface area contributed by atoms with Crippen molar-refractivity contribution in [2.24, 2.45) is 0 Å². The first-order valence-electron chi connectivity index (χ1n) is 9.05. The van der Waals surface area contributed by atoms with Crippen LogP contribution in [0.1, 0.15) is 17.4 Å². The molecule has 0 aliphatic heterocycles. The maximum absolute atomic E-state index is 11.9. The van der Waals surface area contributed by atoms with Gasteiger partial charge in [0.05, 0.1) is 19.0 Å². The van der Waals surface area contributed by atoms with Crippen LogP contribution in [0.3, 0.4) is 0 Å². The third-order valence-electron chi connectivity index (χ3n) is 3.89. The SMILES string of the molecule is C[C@@H](CO)Oc1cc(Oc2cnc(C(=O)N(C)C)cn2)cc(-c2nccc(=O)[nH]2)c1. The second kappa shape index (κ2) is 9.14. The number of hydrogen-bond donors (Lipinski definition) is 2. The van der Waals surface area contributed by atoms with E-state index in [0.29, 0.717) is 22.9 Å². The summed E-state index contributed by atoms with van der Waals surface area (Å²) >= 11 is 0. The highest BCUT2D eigenvalue weighted by Gasteiger charge is 2.13. The third-order valence-corrected chi connectivity index (χ3v) is 3.89. The van der Waals surface area contributed by atoms with Crippen molar-refractivity contribution >= 4 is 5.91 Å². The van der Waals surface area contributed by atoms with E-state index in [1.807, 2.05) is 0 Å². The molecule has 0 aliphatic rings. The molecule has 0 aliphatic carbocycles. The topological polar surface area (TPSA) is 131 Å². The fourth-order valence-electron chi connectivity index (χ4n) is 2.45. The van der Waals surface area contributed by atoms with Crippen molar-refractivity contribution in [3.63, 3.8) is 0 Å². The monoisotopic (exact) mass is 411 g/mol. The Morgan fingerprint density at radius 3 is 2.57 bits per heavy atom. The van der Waals surface area contributed by atoms with Crippen molar-refractivity contribution in [1.82, 2.24) is 24.8 Å². The van der Waals surface area contributed by atoms with Gasteiger partial charge in [-0.2, -0.15) is 0 Å². The molecule has 0 unspecified atom stereocenters. The average molecular weight is 411 g/mol. The van der Waals surface area contributed by atoms with E-state index in [9.17, 15) is 14.7 Å². The predicted molar refractivity (Wildman–Crippen MR) is 108 cm³/mol. The van der Waals surface area contributed by atoms with Gasteiger partial charge in [0.15, 0.2) is 0 Å². The maximum Gasteiger partial charge on any atom is 0.273 e. The van der Waals surface area contributed by atoms with E-state index >= 15 is 0 Å². The molecule has 1 atom stereocenters. The van der Waals surface area contributed by atoms with Gasteiger partial charge in [-0.15, -0.1) is 0 Å². The molecule has 1 amide bonds. The Morgan fingerprint density at radius 1 is 1.17 bits per heavy atom. The van der Waals surface area contributed by atoms with Crippen molar-refractivity contribution in [2.45, 2.75) is 13.0 Å². The predicted octanol–water partition coefficient (Wildman–Crippen LogP) is 1.48. The molecule has 2 aromatic heterocycles. The number of hydrogen-bond acceptors (Lipinski definition) is 8. The first kappa shape index (κ1) is 20.9. The Bertz CT molecular complexity index is 1080. The zero-order chi connectivity index (χ0) is 21.7. The zero-order valence-electron chi connectivity index (χ0n) is 16.7. The molecule has 0 radical (unpaired) electrons. The van der Waals surface area contributed by atoms with E-state index < -0.39 is 6.10 Å². The lowest BCUT2D eigenvalue weighted by Gasteiger charge is -2.15. The van der Waals surface area contributed by atoms with Crippen molar-refractivity contribution in [1.29, 1.82) is 0 Å². The number of carbonyl (C=O) groups is 1. The molecule has 3 rings (SSSR count). The molecule has 3 aromatic rings. The zero-order valence-corrected chi connectivity index (χ0v) is 16.7. The minimum absolute atomic E-state index is 0.165. The number of aromatic nitrogens is 4. The molecule has 0 saturated carbocycles. The number of ether oxygens (including phenoxy) is 2. The Hall–Kier alpha value is -3.79. The number of benzene rings is 1. The Kier molecular flexibility index (Phi) is 6.38. The Morgan fingerprint density at radius 2 is 1.93 bits per heavy atom. The van der Waals surface area contributed by atoms with Gasteiger partial charge in [-0.3, -0.25) is 9.59 Å². The maximum atomic E-state index is 11.9. The van der Waals surface area contributed by atoms with Gasteiger partial charge in [0.2, 0.25) is 5.88 Å². The lowest BCUT2D eigenvalue weighted by Crippen LogP contribution is -2.22. The van der Waals surface area contributed by atoms with Crippen LogP contribution in [0, 0.1) is 0 Å². The number of nitrogens with one attached hydrogen (secondary N) is 1. The van der Waals surface area contributed by atoms with Crippen LogP contribution >= 0.6 is 0 Å². The summed E-state index contributed by atoms with van der Waals surface area (Å²) in [5.41, 5.74) is 0.426. The molecule has 2 heterocycles. The van der Waals surface area contributed by atoms with Crippen molar-refractivity contribution in [3.05, 3.63) is 58.9 Å². The van der Waals surface area contributed by atoms with Gasteiger partial charge in [0.1, 0.15) is 29.1 Å². The Balaban J connectivity index is 1.93. The number of aromatic amines is 1. The van der Waals surface area contributed by atoms with Crippen LogP contribution in [0.5, 0.6) is 17.4 Å². The van der Waals surface area contributed by atoms with Crippen LogP contribution in [-0.4, -0.2) is 62.7 Å². The lowest BCUT2D eigenvalue weighted by molar-refractivity contribution is 0.0821. The summed E-state index contributed by atoms with van der Waals surface area (Å²) in [6.45, 7) is 1.54. The van der Waals surface area contributed by atoms with Gasteiger partial charge in [0.25, 0.3) is 11.5 Å². The molecule has 1 aromatic carbocycles. The van der Waals surface area contributed by atoms with Crippen LogP contribution < -0.4 is 15.0 Å². The van der Waals surface area contributed by atoms with Crippen LogP contribution in [-0.2, 0) is 0 Å². The highest BCUT2D eigenvalue weighted by molar-refractivity contribution is 5.91. The lowest BCUT2D eigenvalue weighted by atomic mass is 10.2. The molecule has 10 nitrogen and oxygen atoms in total. The van der Waals surface area contributed by atoms with E-state index in [1.165, 1.54) is 29.6 Å². The van der Waals surface area contributed by atoms with Crippen molar-refractivity contribution in [3.8, 4) is 28.8 Å². The van der Waals surface area contributed by atoms with E-state index in [-0.39, 0.29) is 29.6 Å². The molecule has 30 heavy (non-hydrogen) atoms. The van der Waals surface area contributed by atoms with Crippen molar-refractivity contribution in [2.75, 3.05) is 20.7 Å². The number of amides is 1. The van der Waals surface area contributed by atoms with Crippen molar-refractivity contribution < 1.29 is 19.4 Å². The molecule has 0 bridgehead atoms. The van der Waals surface area contributed by atoms with E-state index in [1.54, 1.807) is 39.2 Å². The van der Waals surface area contributed by atoms with Crippen LogP contribution in [0.4, 0.5) is 0 Å². The summed E-state index contributed by atoms with van der Waals surface area (Å²) in [5, 5.41) is 9.27. The first-order chi connectivity index (χ1) is 14.4. The Labute approximate surface area is 172 Å². The van der Waals surface area contributed by atoms with Crippen LogP contribution in [0.25, 0.3) is 11.4 Å². The minimum Gasteiger partial charge on any atom is -0.488 e. The molecule has 156 valence electrons. The van der Waals surface area contributed by atoms with E-state index in [4.69, 9.17) is 9.47 Å². The third kappa shape index (κ3) is 5.17. The van der Waals surface area contributed by atoms with Crippen LogP contribution in [0.2, 0.25) is 0 Å². The quantitative estimate of drug-likeness (QED) is 0.598. The fourth-order valence-corrected chi connectivity index (χ4v) is 2.45. The molecule has 0 fully saturated rings. The minimum atomic E-state index is -0.452. The summed E-state index contributed by atoms with van der Waals surface area (Å²) in [6.07, 6.45) is 3.60. The summed E-state index contributed by atoms with van der Waals surface area (Å²) in [7, 11) is 3.24. The molecular weight excluding hydrogens is 390 g/mol. The van der Waals surface area contributed by atoms with Gasteiger partial charge in [0, 0.05) is 38.0 Å². The molecule has 2 N–H and O–H groups in total. The van der Waals surface area contributed by atoms with E-state index in [2.05, 4.69) is 19.9 Å². The molecular formula is C20H21N5O5. The highest BCUT2D eigenvalue weighted by Crippen LogP contribution is 2.30. The first-order valence-corrected chi connectivity index (χ1v) is 9.05. The smallest absolute Gasteiger partial charge is 0.273 e. The summed E-state index contributed by atoms with van der Waals surface area (Å²) in [5.74, 6) is 0.970. The second-order valence-electron chi connectivity index (χ2n) is 6.63. The summed E-state index contributed by atoms with van der Waals surface area (Å²) in [6, 6.07) is 6.23. The number of rotatable bonds is 7. The molecule has 0 saturated heterocycles. The second-order valence-corrected chi connectivity index (χ2v) is 6.63. The number of aliphatic hydroxyl groups excluding tert-OH is 1. The standard InChI is InChI=1S/C20H21N5O5/c1-12(11-26)29-14-6-13(19-21-5-4-17(27)24-19)7-15(8-14)30-18-10-22-16(9-23-18)20(28)25(2)3/h4-10,12,26H,11H2,1-3H3,(H,21,24,27)/t12-/m0/s1. The summed E-state index contributed by atoms with van der Waals surface area (Å²) in [4.78, 5) is 40.0. The number of aliphatic hydroxyl groups is 1. The highest BCUT2D eigenvalue weighted by atomic mass is 16.5. The summed E-state index contributed by atoms with van der Waals surface area (Å²) < 4.78 is 11.4. The largest absolute Gasteiger partial charge is 0.488 e. The van der Waals surface area contributed by atoms with Gasteiger partial charge in [-0.1, -0.05) is 0 Å². The fraction of sp³-hybridized carbons (Fsp3) is 0.250. The molecule has 0 spiro atoms. The van der Waals surface area contributed by atoms with E-state index in [0.717, 1.165) is 0 Å². The normalized spacial score (nSPS) is 11.6. The number of carbonyl (C=O) groups excluding carboxylic acids is 1. The number of nitrogens with zero attached hydrogens (tertiary/aromatic N) is 4. The number of H-pyrrole nitrogens is 1. The van der Waals surface area contributed by atoms with Gasteiger partial charge >= 0.3 is 0 Å². The molecule has 10 heteroatoms.